The number of rotatable bonds is 7. The fourth-order valence-corrected chi connectivity index (χ4v) is 2.28. The van der Waals surface area contributed by atoms with Crippen LogP contribution in [0, 0.1) is 5.92 Å². The Bertz CT molecular complexity index is 473. The third-order valence-electron chi connectivity index (χ3n) is 3.45. The predicted octanol–water partition coefficient (Wildman–Crippen LogP) is 4.07. The molecular formula is C16H21F3O3. The summed E-state index contributed by atoms with van der Waals surface area (Å²) in [5.74, 6) is -1.44. The molecule has 0 bridgehead atoms. The molecule has 0 N–H and O–H groups in total. The third-order valence-corrected chi connectivity index (χ3v) is 3.45. The fraction of sp³-hybridized carbons (Fsp3) is 0.562. The molecule has 0 spiro atoms. The molecule has 3 nitrogen and oxygen atoms in total. The summed E-state index contributed by atoms with van der Waals surface area (Å²) in [7, 11) is 0.858. The normalized spacial score (nSPS) is 15.9. The summed E-state index contributed by atoms with van der Waals surface area (Å²) in [5, 5.41) is 0. The van der Waals surface area contributed by atoms with Crippen molar-refractivity contribution in [2.75, 3.05) is 13.7 Å². The molecule has 0 saturated carbocycles. The van der Waals surface area contributed by atoms with Crippen molar-refractivity contribution in [3.8, 4) is 0 Å². The van der Waals surface area contributed by atoms with Crippen LogP contribution >= 0.6 is 0 Å². The minimum atomic E-state index is -4.92. The second-order valence-electron chi connectivity index (χ2n) is 5.24. The van der Waals surface area contributed by atoms with Crippen LogP contribution in [0.25, 0.3) is 0 Å². The lowest BCUT2D eigenvalue weighted by atomic mass is 9.92. The van der Waals surface area contributed by atoms with E-state index in [1.54, 1.807) is 6.07 Å². The molecule has 1 aromatic carbocycles. The molecule has 0 amide bonds. The molecule has 6 heteroatoms. The third kappa shape index (κ3) is 3.80. The van der Waals surface area contributed by atoms with Gasteiger partial charge in [0.15, 0.2) is 0 Å². The van der Waals surface area contributed by atoms with Crippen LogP contribution < -0.4 is 0 Å². The zero-order valence-electron chi connectivity index (χ0n) is 12.9. The SMILES string of the molecule is CCC[C@@H](C)COC(=O)[C@](OC)(c1ccccc1)C(F)(F)F. The highest BCUT2D eigenvalue weighted by atomic mass is 19.4. The van der Waals surface area contributed by atoms with Gasteiger partial charge in [0, 0.05) is 12.7 Å². The molecule has 0 aromatic heterocycles. The number of alkyl halides is 3. The van der Waals surface area contributed by atoms with Crippen molar-refractivity contribution in [2.24, 2.45) is 5.92 Å². The van der Waals surface area contributed by atoms with E-state index in [1.165, 1.54) is 24.3 Å². The van der Waals surface area contributed by atoms with Crippen LogP contribution in [-0.4, -0.2) is 25.9 Å². The van der Waals surface area contributed by atoms with E-state index in [-0.39, 0.29) is 18.1 Å². The maximum atomic E-state index is 13.6. The van der Waals surface area contributed by atoms with Crippen molar-refractivity contribution < 1.29 is 27.4 Å². The number of halogens is 3. The summed E-state index contributed by atoms with van der Waals surface area (Å²) in [6.07, 6.45) is -3.29. The topological polar surface area (TPSA) is 35.5 Å². The van der Waals surface area contributed by atoms with Crippen molar-refractivity contribution in [1.82, 2.24) is 0 Å². The number of hydrogen-bond acceptors (Lipinski definition) is 3. The van der Waals surface area contributed by atoms with E-state index in [1.807, 2.05) is 13.8 Å². The van der Waals surface area contributed by atoms with E-state index >= 15 is 0 Å². The van der Waals surface area contributed by atoms with Crippen molar-refractivity contribution in [3.05, 3.63) is 35.9 Å². The van der Waals surface area contributed by atoms with Gasteiger partial charge in [-0.25, -0.2) is 4.79 Å². The minimum absolute atomic E-state index is 0.00693. The number of benzene rings is 1. The van der Waals surface area contributed by atoms with Crippen molar-refractivity contribution >= 4 is 5.97 Å². The zero-order valence-corrected chi connectivity index (χ0v) is 12.9. The highest BCUT2D eigenvalue weighted by molar-refractivity contribution is 5.82. The average molecular weight is 318 g/mol. The first-order valence-electron chi connectivity index (χ1n) is 7.14. The quantitative estimate of drug-likeness (QED) is 0.711. The van der Waals surface area contributed by atoms with Crippen LogP contribution in [0.15, 0.2) is 30.3 Å². The molecule has 0 unspecified atom stereocenters. The lowest BCUT2D eigenvalue weighted by Gasteiger charge is -2.32. The van der Waals surface area contributed by atoms with Crippen molar-refractivity contribution in [3.63, 3.8) is 0 Å². The number of carbonyl (C=O) groups is 1. The number of methoxy groups -OCH3 is 1. The summed E-state index contributed by atoms with van der Waals surface area (Å²) in [6.45, 7) is 3.71. The number of carbonyl (C=O) groups excluding carboxylic acids is 1. The second-order valence-corrected chi connectivity index (χ2v) is 5.24. The molecule has 1 aromatic rings. The summed E-state index contributed by atoms with van der Waals surface area (Å²) in [5.41, 5.74) is -3.39. The smallest absolute Gasteiger partial charge is 0.432 e. The van der Waals surface area contributed by atoms with Gasteiger partial charge in [-0.05, 0) is 12.3 Å². The number of ether oxygens (including phenoxy) is 2. The maximum Gasteiger partial charge on any atom is 0.432 e. The summed E-state index contributed by atoms with van der Waals surface area (Å²) in [6, 6.07) is 6.81. The first kappa shape index (κ1) is 18.5. The Hall–Kier alpha value is -1.56. The van der Waals surface area contributed by atoms with Crippen LogP contribution in [0.3, 0.4) is 0 Å². The van der Waals surface area contributed by atoms with Gasteiger partial charge in [-0.3, -0.25) is 0 Å². The first-order chi connectivity index (χ1) is 10.3. The summed E-state index contributed by atoms with van der Waals surface area (Å²) in [4.78, 5) is 12.2. The van der Waals surface area contributed by atoms with Gasteiger partial charge in [0.1, 0.15) is 0 Å². The van der Waals surface area contributed by atoms with E-state index in [4.69, 9.17) is 4.74 Å². The lowest BCUT2D eigenvalue weighted by molar-refractivity contribution is -0.276. The Labute approximate surface area is 128 Å². The van der Waals surface area contributed by atoms with E-state index < -0.39 is 17.7 Å². The van der Waals surface area contributed by atoms with Gasteiger partial charge < -0.3 is 9.47 Å². The molecular weight excluding hydrogens is 297 g/mol. The van der Waals surface area contributed by atoms with Crippen molar-refractivity contribution in [1.29, 1.82) is 0 Å². The first-order valence-corrected chi connectivity index (χ1v) is 7.14. The highest BCUT2D eigenvalue weighted by Crippen LogP contribution is 2.43. The van der Waals surface area contributed by atoms with Gasteiger partial charge in [-0.2, -0.15) is 13.2 Å². The van der Waals surface area contributed by atoms with Gasteiger partial charge in [-0.15, -0.1) is 0 Å². The molecule has 0 fully saturated rings. The molecule has 0 aliphatic rings. The molecule has 22 heavy (non-hydrogen) atoms. The Balaban J connectivity index is 3.09. The molecule has 0 aliphatic heterocycles. The van der Waals surface area contributed by atoms with Crippen LogP contribution in [0.5, 0.6) is 0 Å². The monoisotopic (exact) mass is 318 g/mol. The van der Waals surface area contributed by atoms with Crippen molar-refractivity contribution in [2.45, 2.75) is 38.5 Å². The molecule has 0 aliphatic carbocycles. The Morgan fingerprint density at radius 2 is 1.82 bits per heavy atom. The molecule has 0 saturated heterocycles. The summed E-state index contributed by atoms with van der Waals surface area (Å²) >= 11 is 0. The number of hydrogen-bond donors (Lipinski definition) is 0. The Morgan fingerprint density at radius 1 is 1.23 bits per heavy atom. The minimum Gasteiger partial charge on any atom is -0.463 e. The van der Waals surface area contributed by atoms with Gasteiger partial charge in [0.05, 0.1) is 6.61 Å². The Kier molecular flexibility index (Phi) is 6.41. The van der Waals surface area contributed by atoms with Gasteiger partial charge in [0.2, 0.25) is 0 Å². The van der Waals surface area contributed by atoms with E-state index in [0.29, 0.717) is 0 Å². The van der Waals surface area contributed by atoms with E-state index in [9.17, 15) is 18.0 Å². The van der Waals surface area contributed by atoms with Gasteiger partial charge >= 0.3 is 12.1 Å². The molecule has 0 heterocycles. The highest BCUT2D eigenvalue weighted by Gasteiger charge is 2.64. The van der Waals surface area contributed by atoms with Crippen LogP contribution in [-0.2, 0) is 19.9 Å². The Morgan fingerprint density at radius 3 is 2.27 bits per heavy atom. The molecule has 2 atom stereocenters. The average Bonchev–Trinajstić information content (AvgIpc) is 2.46. The van der Waals surface area contributed by atoms with Crippen LogP contribution in [0.2, 0.25) is 0 Å². The zero-order chi connectivity index (χ0) is 16.8. The van der Waals surface area contributed by atoms with E-state index in [2.05, 4.69) is 4.74 Å². The van der Waals surface area contributed by atoms with Crippen LogP contribution in [0.1, 0.15) is 32.3 Å². The lowest BCUT2D eigenvalue weighted by Crippen LogP contribution is -2.52. The summed E-state index contributed by atoms with van der Waals surface area (Å²) < 4.78 is 50.2. The fourth-order valence-electron chi connectivity index (χ4n) is 2.28. The standard InChI is InChI=1S/C16H21F3O3/c1-4-8-12(2)11-22-14(20)15(21-3,16(17,18)19)13-9-6-5-7-10-13/h5-7,9-10,12H,4,8,11H2,1-3H3/t12-,15-/m1/s1. The number of esters is 1. The molecule has 1 rings (SSSR count). The van der Waals surface area contributed by atoms with Gasteiger partial charge in [0.25, 0.3) is 5.60 Å². The van der Waals surface area contributed by atoms with Crippen LogP contribution in [0.4, 0.5) is 13.2 Å². The predicted molar refractivity (Wildman–Crippen MR) is 76.2 cm³/mol. The molecule has 0 radical (unpaired) electrons. The van der Waals surface area contributed by atoms with E-state index in [0.717, 1.165) is 20.0 Å². The second kappa shape index (κ2) is 7.63. The largest absolute Gasteiger partial charge is 0.463 e. The molecule has 124 valence electrons. The maximum absolute atomic E-state index is 13.6. The van der Waals surface area contributed by atoms with Gasteiger partial charge in [-0.1, -0.05) is 50.6 Å².